The number of thiazole rings is 1. The molecule has 0 bridgehead atoms. The number of hydrogen-bond acceptors (Lipinski definition) is 7. The molecule has 1 amide bonds. The SMILES string of the molecule is O=C(O)CN1CCC(NSc2cnc(N3CCC(F)(F)C3)s2)C1=O. The van der Waals surface area contributed by atoms with Crippen molar-refractivity contribution in [3.05, 3.63) is 6.20 Å². The van der Waals surface area contributed by atoms with E-state index in [-0.39, 0.29) is 32.0 Å². The maximum Gasteiger partial charge on any atom is 0.323 e. The minimum absolute atomic E-state index is 0.163. The number of anilines is 1. The zero-order valence-corrected chi connectivity index (χ0v) is 14.2. The third-order valence-corrected chi connectivity index (χ3v) is 5.90. The molecule has 3 heterocycles. The number of carbonyl (C=O) groups excluding carboxylic acids is 1. The maximum atomic E-state index is 13.2. The average Bonchev–Trinajstić information content (AvgIpc) is 3.18. The molecular weight excluding hydrogens is 362 g/mol. The van der Waals surface area contributed by atoms with Crippen molar-refractivity contribution < 1.29 is 23.5 Å². The van der Waals surface area contributed by atoms with E-state index in [1.165, 1.54) is 28.2 Å². The molecule has 7 nitrogen and oxygen atoms in total. The van der Waals surface area contributed by atoms with Gasteiger partial charge in [0.25, 0.3) is 5.92 Å². The molecule has 2 fully saturated rings. The lowest BCUT2D eigenvalue weighted by Crippen LogP contribution is -2.37. The zero-order chi connectivity index (χ0) is 17.3. The number of aliphatic carboxylic acids is 1. The average molecular weight is 378 g/mol. The predicted octanol–water partition coefficient (Wildman–Crippen LogP) is 1.27. The molecule has 0 aromatic carbocycles. The highest BCUT2D eigenvalue weighted by Crippen LogP contribution is 2.35. The van der Waals surface area contributed by atoms with Gasteiger partial charge < -0.3 is 14.9 Å². The van der Waals surface area contributed by atoms with Crippen LogP contribution in [0, 0.1) is 0 Å². The third kappa shape index (κ3) is 3.95. The fourth-order valence-corrected chi connectivity index (χ4v) is 4.43. The quantitative estimate of drug-likeness (QED) is 0.721. The van der Waals surface area contributed by atoms with Gasteiger partial charge in [0.1, 0.15) is 6.54 Å². The van der Waals surface area contributed by atoms with E-state index in [4.69, 9.17) is 5.11 Å². The van der Waals surface area contributed by atoms with Crippen molar-refractivity contribution in [3.63, 3.8) is 0 Å². The first-order valence-corrected chi connectivity index (χ1v) is 8.99. The number of carbonyl (C=O) groups is 2. The number of alkyl halides is 2. The topological polar surface area (TPSA) is 85.8 Å². The van der Waals surface area contributed by atoms with E-state index in [2.05, 4.69) is 9.71 Å². The van der Waals surface area contributed by atoms with Crippen LogP contribution in [0.15, 0.2) is 10.4 Å². The number of rotatable bonds is 6. The molecule has 0 spiro atoms. The Hall–Kier alpha value is -1.46. The molecule has 0 radical (unpaired) electrons. The van der Waals surface area contributed by atoms with Gasteiger partial charge in [-0.05, 0) is 18.4 Å². The molecule has 1 aromatic rings. The Labute approximate surface area is 145 Å². The molecule has 132 valence electrons. The Morgan fingerprint density at radius 2 is 2.33 bits per heavy atom. The van der Waals surface area contributed by atoms with E-state index < -0.39 is 17.9 Å². The van der Waals surface area contributed by atoms with Crippen LogP contribution in [-0.4, -0.2) is 65.0 Å². The molecular formula is C13H16F2N4O3S2. The summed E-state index contributed by atoms with van der Waals surface area (Å²) in [7, 11) is 0. The fourth-order valence-electron chi connectivity index (χ4n) is 2.64. The molecule has 24 heavy (non-hydrogen) atoms. The van der Waals surface area contributed by atoms with Crippen LogP contribution in [0.25, 0.3) is 0 Å². The molecule has 0 aliphatic carbocycles. The summed E-state index contributed by atoms with van der Waals surface area (Å²) in [5.41, 5.74) is 0. The second-order valence-electron chi connectivity index (χ2n) is 5.70. The number of likely N-dealkylation sites (tertiary alicyclic amines) is 1. The van der Waals surface area contributed by atoms with Gasteiger partial charge in [0.05, 0.1) is 23.0 Å². The van der Waals surface area contributed by atoms with Crippen molar-refractivity contribution in [3.8, 4) is 0 Å². The van der Waals surface area contributed by atoms with Crippen LogP contribution in [0.3, 0.4) is 0 Å². The molecule has 2 aliphatic rings. The molecule has 2 N–H and O–H groups in total. The van der Waals surface area contributed by atoms with Crippen molar-refractivity contribution in [2.45, 2.75) is 29.0 Å². The number of hydrogen-bond donors (Lipinski definition) is 2. The fraction of sp³-hybridized carbons (Fsp3) is 0.615. The Kier molecular flexibility index (Phi) is 4.92. The van der Waals surface area contributed by atoms with Gasteiger partial charge in [0.15, 0.2) is 5.13 Å². The van der Waals surface area contributed by atoms with Crippen molar-refractivity contribution in [1.82, 2.24) is 14.6 Å². The summed E-state index contributed by atoms with van der Waals surface area (Å²) in [5.74, 6) is -3.94. The van der Waals surface area contributed by atoms with E-state index >= 15 is 0 Å². The lowest BCUT2D eigenvalue weighted by molar-refractivity contribution is -0.143. The second kappa shape index (κ2) is 6.81. The van der Waals surface area contributed by atoms with Crippen LogP contribution in [0.1, 0.15) is 12.8 Å². The van der Waals surface area contributed by atoms with Crippen LogP contribution in [-0.2, 0) is 9.59 Å². The number of amides is 1. The lowest BCUT2D eigenvalue weighted by atomic mass is 10.3. The van der Waals surface area contributed by atoms with Crippen LogP contribution >= 0.6 is 23.3 Å². The van der Waals surface area contributed by atoms with Crippen LogP contribution in [0.5, 0.6) is 0 Å². The van der Waals surface area contributed by atoms with Crippen LogP contribution in [0.2, 0.25) is 0 Å². The van der Waals surface area contributed by atoms with E-state index in [9.17, 15) is 18.4 Å². The van der Waals surface area contributed by atoms with Gasteiger partial charge in [-0.15, -0.1) is 0 Å². The first kappa shape index (κ1) is 17.4. The van der Waals surface area contributed by atoms with E-state index in [1.807, 2.05) is 0 Å². The first-order chi connectivity index (χ1) is 11.3. The van der Waals surface area contributed by atoms with E-state index in [0.717, 1.165) is 4.21 Å². The molecule has 1 atom stereocenters. The number of aromatic nitrogens is 1. The monoisotopic (exact) mass is 378 g/mol. The van der Waals surface area contributed by atoms with E-state index in [0.29, 0.717) is 18.1 Å². The van der Waals surface area contributed by atoms with Crippen LogP contribution in [0.4, 0.5) is 13.9 Å². The highest BCUT2D eigenvalue weighted by Gasteiger charge is 2.39. The molecule has 3 rings (SSSR count). The van der Waals surface area contributed by atoms with Crippen molar-refractivity contribution in [2.75, 3.05) is 31.1 Å². The minimum atomic E-state index is -2.67. The van der Waals surface area contributed by atoms with Gasteiger partial charge >= 0.3 is 5.97 Å². The molecule has 0 saturated carbocycles. The van der Waals surface area contributed by atoms with Crippen molar-refractivity contribution in [2.24, 2.45) is 0 Å². The van der Waals surface area contributed by atoms with E-state index in [1.54, 1.807) is 11.1 Å². The molecule has 1 aromatic heterocycles. The lowest BCUT2D eigenvalue weighted by Gasteiger charge is -2.14. The van der Waals surface area contributed by atoms with Gasteiger partial charge in [0.2, 0.25) is 5.91 Å². The number of carboxylic acid groups (broad SMARTS) is 1. The largest absolute Gasteiger partial charge is 0.480 e. The summed E-state index contributed by atoms with van der Waals surface area (Å²) >= 11 is 2.51. The zero-order valence-electron chi connectivity index (χ0n) is 12.6. The number of carboxylic acids is 1. The van der Waals surface area contributed by atoms with Crippen molar-refractivity contribution in [1.29, 1.82) is 0 Å². The smallest absolute Gasteiger partial charge is 0.323 e. The summed E-state index contributed by atoms with van der Waals surface area (Å²) < 4.78 is 30.3. The highest BCUT2D eigenvalue weighted by atomic mass is 32.2. The van der Waals surface area contributed by atoms with Gasteiger partial charge in [-0.3, -0.25) is 9.59 Å². The van der Waals surface area contributed by atoms with Gasteiger partial charge in [-0.25, -0.2) is 18.5 Å². The standard InChI is InChI=1S/C13H16F2N4O3S2/c14-13(15)2-4-19(7-13)12-16-5-10(23-12)24-17-8-1-3-18(11(8)22)6-9(20)21/h5,8,17H,1-4,6-7H2,(H,20,21). The Balaban J connectivity index is 1.51. The molecule has 1 unspecified atom stereocenters. The maximum absolute atomic E-state index is 13.2. The Morgan fingerprint density at radius 3 is 3.00 bits per heavy atom. The van der Waals surface area contributed by atoms with Gasteiger partial charge in [-0.1, -0.05) is 11.3 Å². The van der Waals surface area contributed by atoms with Gasteiger partial charge in [0, 0.05) is 19.5 Å². The Bertz CT molecular complexity index is 642. The first-order valence-electron chi connectivity index (χ1n) is 7.36. The number of halogens is 2. The third-order valence-electron chi connectivity index (χ3n) is 3.84. The molecule has 2 saturated heterocycles. The summed E-state index contributed by atoms with van der Waals surface area (Å²) in [6.07, 6.45) is 1.95. The van der Waals surface area contributed by atoms with Crippen molar-refractivity contribution >= 4 is 40.3 Å². The second-order valence-corrected chi connectivity index (χ2v) is 7.85. The summed E-state index contributed by atoms with van der Waals surface area (Å²) in [6.45, 7) is 0.0718. The number of nitrogens with one attached hydrogen (secondary N) is 1. The molecule has 2 aliphatic heterocycles. The Morgan fingerprint density at radius 1 is 1.54 bits per heavy atom. The summed E-state index contributed by atoms with van der Waals surface area (Å²) in [6, 6.07) is -0.448. The minimum Gasteiger partial charge on any atom is -0.480 e. The summed E-state index contributed by atoms with van der Waals surface area (Å²) in [4.78, 5) is 29.7. The van der Waals surface area contributed by atoms with Gasteiger partial charge in [-0.2, -0.15) is 0 Å². The highest BCUT2D eigenvalue weighted by molar-refractivity contribution is 7.99. The number of nitrogens with zero attached hydrogens (tertiary/aromatic N) is 3. The summed E-state index contributed by atoms with van der Waals surface area (Å²) in [5, 5.41) is 9.29. The predicted molar refractivity (Wildman–Crippen MR) is 85.5 cm³/mol. The van der Waals surface area contributed by atoms with Crippen LogP contribution < -0.4 is 9.62 Å². The normalized spacial score (nSPS) is 23.2. The molecule has 11 heteroatoms.